The third-order valence-electron chi connectivity index (χ3n) is 1.57. The Morgan fingerprint density at radius 1 is 1.46 bits per heavy atom. The van der Waals surface area contributed by atoms with E-state index in [4.69, 9.17) is 0 Å². The summed E-state index contributed by atoms with van der Waals surface area (Å²) in [4.78, 5) is 8.42. The van der Waals surface area contributed by atoms with Crippen LogP contribution in [0.2, 0.25) is 0 Å². The zero-order valence-electron chi connectivity index (χ0n) is 7.90. The van der Waals surface area contributed by atoms with Crippen molar-refractivity contribution >= 4 is 24.4 Å². The molecule has 1 rings (SSSR count). The molecular formula is C9H14N2S2. The van der Waals surface area contributed by atoms with Crippen LogP contribution in [0.5, 0.6) is 0 Å². The van der Waals surface area contributed by atoms with E-state index < -0.39 is 0 Å². The number of hydrogen-bond donors (Lipinski definition) is 1. The van der Waals surface area contributed by atoms with E-state index in [0.717, 1.165) is 22.2 Å². The second-order valence-corrected chi connectivity index (χ2v) is 4.49. The number of aromatic nitrogens is 2. The molecule has 0 saturated carbocycles. The molecule has 0 bridgehead atoms. The van der Waals surface area contributed by atoms with Crippen LogP contribution < -0.4 is 0 Å². The average molecular weight is 214 g/mol. The molecule has 1 aromatic heterocycles. The number of thioether (sulfide) groups is 1. The quantitative estimate of drug-likeness (QED) is 0.473. The molecule has 1 atom stereocenters. The summed E-state index contributed by atoms with van der Waals surface area (Å²) >= 11 is 5.91. The highest BCUT2D eigenvalue weighted by Crippen LogP contribution is 2.16. The van der Waals surface area contributed by atoms with Crippen molar-refractivity contribution < 1.29 is 0 Å². The van der Waals surface area contributed by atoms with Crippen LogP contribution in [0, 0.1) is 12.8 Å². The van der Waals surface area contributed by atoms with Gasteiger partial charge in [-0.15, -0.1) is 0 Å². The van der Waals surface area contributed by atoms with Gasteiger partial charge in [-0.3, -0.25) is 0 Å². The first-order valence-electron chi connectivity index (χ1n) is 4.24. The number of rotatable bonds is 4. The molecule has 0 radical (unpaired) electrons. The van der Waals surface area contributed by atoms with Crippen molar-refractivity contribution in [2.75, 3.05) is 11.5 Å². The maximum atomic E-state index is 4.22. The minimum Gasteiger partial charge on any atom is -0.231 e. The van der Waals surface area contributed by atoms with E-state index in [1.54, 1.807) is 11.8 Å². The lowest BCUT2D eigenvalue weighted by Crippen LogP contribution is -2.00. The Morgan fingerprint density at radius 2 is 2.08 bits per heavy atom. The monoisotopic (exact) mass is 214 g/mol. The second-order valence-electron chi connectivity index (χ2n) is 3.14. The van der Waals surface area contributed by atoms with Gasteiger partial charge in [0.1, 0.15) is 0 Å². The third-order valence-corrected chi connectivity index (χ3v) is 3.39. The summed E-state index contributed by atoms with van der Waals surface area (Å²) in [5.74, 6) is 2.56. The van der Waals surface area contributed by atoms with Crippen LogP contribution in [0.3, 0.4) is 0 Å². The van der Waals surface area contributed by atoms with Crippen molar-refractivity contribution in [2.45, 2.75) is 19.0 Å². The molecule has 1 heterocycles. The fraction of sp³-hybridized carbons (Fsp3) is 0.556. The Bertz CT molecular complexity index is 248. The summed E-state index contributed by atoms with van der Waals surface area (Å²) in [6, 6.07) is 0. The van der Waals surface area contributed by atoms with Gasteiger partial charge in [0, 0.05) is 18.1 Å². The molecule has 0 aliphatic carbocycles. The van der Waals surface area contributed by atoms with Crippen LogP contribution in [0.1, 0.15) is 12.5 Å². The molecule has 72 valence electrons. The van der Waals surface area contributed by atoms with Gasteiger partial charge in [0.25, 0.3) is 0 Å². The van der Waals surface area contributed by atoms with Gasteiger partial charge in [-0.2, -0.15) is 12.6 Å². The van der Waals surface area contributed by atoms with Crippen molar-refractivity contribution in [2.24, 2.45) is 5.92 Å². The lowest BCUT2D eigenvalue weighted by atomic mass is 10.3. The largest absolute Gasteiger partial charge is 0.231 e. The van der Waals surface area contributed by atoms with E-state index in [0.29, 0.717) is 5.92 Å². The van der Waals surface area contributed by atoms with Gasteiger partial charge >= 0.3 is 0 Å². The van der Waals surface area contributed by atoms with Gasteiger partial charge in [-0.05, 0) is 24.2 Å². The SMILES string of the molecule is Cc1cnc(SCC(C)CS)nc1. The van der Waals surface area contributed by atoms with Crippen LogP contribution in [-0.2, 0) is 0 Å². The fourth-order valence-electron chi connectivity index (χ4n) is 0.725. The minimum atomic E-state index is 0.609. The Morgan fingerprint density at radius 3 is 2.62 bits per heavy atom. The molecule has 0 aromatic carbocycles. The van der Waals surface area contributed by atoms with E-state index in [1.165, 1.54) is 0 Å². The first kappa shape index (κ1) is 10.9. The van der Waals surface area contributed by atoms with Gasteiger partial charge in [0.05, 0.1) is 0 Å². The van der Waals surface area contributed by atoms with Crippen LogP contribution >= 0.6 is 24.4 Å². The van der Waals surface area contributed by atoms with Crippen molar-refractivity contribution in [3.63, 3.8) is 0 Å². The van der Waals surface area contributed by atoms with Gasteiger partial charge < -0.3 is 0 Å². The molecule has 0 N–H and O–H groups in total. The number of aryl methyl sites for hydroxylation is 1. The van der Waals surface area contributed by atoms with Crippen LogP contribution in [-0.4, -0.2) is 21.5 Å². The summed E-state index contributed by atoms with van der Waals surface area (Å²) < 4.78 is 0. The summed E-state index contributed by atoms with van der Waals surface area (Å²) in [6.45, 7) is 4.17. The highest BCUT2D eigenvalue weighted by atomic mass is 32.2. The van der Waals surface area contributed by atoms with E-state index in [-0.39, 0.29) is 0 Å². The lowest BCUT2D eigenvalue weighted by molar-refractivity contribution is 0.763. The number of nitrogens with zero attached hydrogens (tertiary/aromatic N) is 2. The molecular weight excluding hydrogens is 200 g/mol. The molecule has 2 nitrogen and oxygen atoms in total. The molecule has 0 amide bonds. The maximum absolute atomic E-state index is 4.22. The first-order chi connectivity index (χ1) is 6.22. The van der Waals surface area contributed by atoms with Gasteiger partial charge in [0.2, 0.25) is 0 Å². The minimum absolute atomic E-state index is 0.609. The van der Waals surface area contributed by atoms with E-state index in [1.807, 2.05) is 19.3 Å². The maximum Gasteiger partial charge on any atom is 0.187 e. The molecule has 0 aliphatic rings. The number of thiol groups is 1. The van der Waals surface area contributed by atoms with E-state index >= 15 is 0 Å². The second kappa shape index (κ2) is 5.50. The van der Waals surface area contributed by atoms with Gasteiger partial charge in [-0.1, -0.05) is 18.7 Å². The molecule has 1 unspecified atom stereocenters. The predicted octanol–water partition coefficient (Wildman–Crippen LogP) is 2.44. The van der Waals surface area contributed by atoms with E-state index in [2.05, 4.69) is 29.5 Å². The Kier molecular flexibility index (Phi) is 4.59. The summed E-state index contributed by atoms with van der Waals surface area (Å²) in [7, 11) is 0. The smallest absolute Gasteiger partial charge is 0.187 e. The van der Waals surface area contributed by atoms with Crippen molar-refractivity contribution in [1.29, 1.82) is 0 Å². The molecule has 0 spiro atoms. The molecule has 1 aromatic rings. The zero-order valence-corrected chi connectivity index (χ0v) is 9.61. The van der Waals surface area contributed by atoms with Crippen LogP contribution in [0.25, 0.3) is 0 Å². The summed E-state index contributed by atoms with van der Waals surface area (Å²) in [5, 5.41) is 0.860. The lowest BCUT2D eigenvalue weighted by Gasteiger charge is -2.05. The Labute approximate surface area is 89.0 Å². The van der Waals surface area contributed by atoms with E-state index in [9.17, 15) is 0 Å². The van der Waals surface area contributed by atoms with Crippen LogP contribution in [0.4, 0.5) is 0 Å². The third kappa shape index (κ3) is 4.00. The topological polar surface area (TPSA) is 25.8 Å². The Hall–Kier alpha value is -0.220. The Balaban J connectivity index is 2.41. The first-order valence-corrected chi connectivity index (χ1v) is 5.86. The van der Waals surface area contributed by atoms with Crippen molar-refractivity contribution in [1.82, 2.24) is 9.97 Å². The standard InChI is InChI=1S/C9H14N2S2/c1-7-3-10-9(11-4-7)13-6-8(2)5-12/h3-4,8,12H,5-6H2,1-2H3. The molecule has 0 saturated heterocycles. The van der Waals surface area contributed by atoms with Gasteiger partial charge in [0.15, 0.2) is 5.16 Å². The average Bonchev–Trinajstić information content (AvgIpc) is 2.16. The summed E-state index contributed by atoms with van der Waals surface area (Å²) in [6.07, 6.45) is 3.70. The molecule has 13 heavy (non-hydrogen) atoms. The highest BCUT2D eigenvalue weighted by Gasteiger charge is 2.02. The summed E-state index contributed by atoms with van der Waals surface area (Å²) in [5.41, 5.74) is 1.10. The normalized spacial score (nSPS) is 12.8. The highest BCUT2D eigenvalue weighted by molar-refractivity contribution is 7.99. The van der Waals surface area contributed by atoms with Crippen molar-refractivity contribution in [3.05, 3.63) is 18.0 Å². The van der Waals surface area contributed by atoms with Crippen LogP contribution in [0.15, 0.2) is 17.6 Å². The molecule has 4 heteroatoms. The zero-order chi connectivity index (χ0) is 9.68. The van der Waals surface area contributed by atoms with Gasteiger partial charge in [-0.25, -0.2) is 9.97 Å². The predicted molar refractivity (Wildman–Crippen MR) is 60.5 cm³/mol. The molecule has 0 fully saturated rings. The number of hydrogen-bond acceptors (Lipinski definition) is 4. The molecule has 0 aliphatic heterocycles. The van der Waals surface area contributed by atoms with Crippen molar-refractivity contribution in [3.8, 4) is 0 Å². The fourth-order valence-corrected chi connectivity index (χ4v) is 1.83.